The molecule has 0 saturated carbocycles. The summed E-state index contributed by atoms with van der Waals surface area (Å²) in [5.74, 6) is 0.680. The summed E-state index contributed by atoms with van der Waals surface area (Å²) in [4.78, 5) is 0. The van der Waals surface area contributed by atoms with Gasteiger partial charge in [-0.2, -0.15) is 0 Å². The zero-order chi connectivity index (χ0) is 17.2. The summed E-state index contributed by atoms with van der Waals surface area (Å²) in [6.45, 7) is 3.99. The second-order valence-electron chi connectivity index (χ2n) is 6.07. The van der Waals surface area contributed by atoms with E-state index in [0.717, 1.165) is 11.3 Å². The Bertz CT molecular complexity index is 766. The molecule has 1 aliphatic heterocycles. The number of benzene rings is 1. The molecule has 0 amide bonds. The molecule has 3 N–H and O–H groups in total. The molecule has 2 atom stereocenters. The van der Waals surface area contributed by atoms with E-state index in [0.29, 0.717) is 18.7 Å². The lowest BCUT2D eigenvalue weighted by Gasteiger charge is -2.18. The number of aromatic nitrogens is 1. The molecular formula is C16H22N4O3S. The summed E-state index contributed by atoms with van der Waals surface area (Å²) in [7, 11) is -3.41. The first-order chi connectivity index (χ1) is 11.5. The Hall–Kier alpha value is -1.74. The van der Waals surface area contributed by atoms with Crippen LogP contribution in [0.15, 0.2) is 40.9 Å². The highest BCUT2D eigenvalue weighted by Gasteiger charge is 2.39. The van der Waals surface area contributed by atoms with Crippen molar-refractivity contribution in [2.24, 2.45) is 0 Å². The molecule has 2 unspecified atom stereocenters. The van der Waals surface area contributed by atoms with E-state index in [1.165, 1.54) is 0 Å². The largest absolute Gasteiger partial charge is 0.356 e. The van der Waals surface area contributed by atoms with Gasteiger partial charge in [0.1, 0.15) is 5.25 Å². The van der Waals surface area contributed by atoms with Crippen molar-refractivity contribution >= 4 is 10.0 Å². The van der Waals surface area contributed by atoms with E-state index in [1.54, 1.807) is 0 Å². The number of rotatable bonds is 6. The number of hydrazine groups is 1. The lowest BCUT2D eigenvalue weighted by molar-refractivity contribution is 0.423. The van der Waals surface area contributed by atoms with Gasteiger partial charge in [0.2, 0.25) is 10.0 Å². The van der Waals surface area contributed by atoms with Crippen molar-refractivity contribution in [3.8, 4) is 11.3 Å². The molecule has 0 bridgehead atoms. The minimum absolute atomic E-state index is 0.144. The lowest BCUT2D eigenvalue weighted by atomic mass is 10.1. The van der Waals surface area contributed by atoms with Crippen molar-refractivity contribution in [3.05, 3.63) is 42.1 Å². The van der Waals surface area contributed by atoms with Crippen LogP contribution in [0.3, 0.4) is 0 Å². The van der Waals surface area contributed by atoms with Gasteiger partial charge >= 0.3 is 0 Å². The molecule has 130 valence electrons. The molecule has 1 saturated heterocycles. The SMILES string of the molecule is CC1NNC(C)C1S(=O)(=O)NCCc1cc(-c2ccccc2)on1. The van der Waals surface area contributed by atoms with Crippen LogP contribution in [0.5, 0.6) is 0 Å². The van der Waals surface area contributed by atoms with Crippen molar-refractivity contribution in [2.75, 3.05) is 6.54 Å². The predicted octanol–water partition coefficient (Wildman–Crippen LogP) is 1.06. The smallest absolute Gasteiger partial charge is 0.217 e. The van der Waals surface area contributed by atoms with Crippen LogP contribution in [0.4, 0.5) is 0 Å². The summed E-state index contributed by atoms with van der Waals surface area (Å²) in [5, 5.41) is 3.50. The minimum Gasteiger partial charge on any atom is -0.356 e. The molecule has 7 nitrogen and oxygen atoms in total. The Morgan fingerprint density at radius 2 is 1.83 bits per heavy atom. The molecule has 3 rings (SSSR count). The van der Waals surface area contributed by atoms with Crippen molar-refractivity contribution in [3.63, 3.8) is 0 Å². The summed E-state index contributed by atoms with van der Waals surface area (Å²) in [5.41, 5.74) is 7.59. The predicted molar refractivity (Wildman–Crippen MR) is 91.5 cm³/mol. The Morgan fingerprint density at radius 1 is 1.17 bits per heavy atom. The number of nitrogens with zero attached hydrogens (tertiary/aromatic N) is 1. The summed E-state index contributed by atoms with van der Waals surface area (Å²) < 4.78 is 32.9. The highest BCUT2D eigenvalue weighted by atomic mass is 32.2. The van der Waals surface area contributed by atoms with Gasteiger partial charge in [-0.15, -0.1) is 0 Å². The monoisotopic (exact) mass is 350 g/mol. The Balaban J connectivity index is 1.58. The Labute approximate surface area is 141 Å². The second-order valence-corrected chi connectivity index (χ2v) is 7.99. The highest BCUT2D eigenvalue weighted by Crippen LogP contribution is 2.20. The number of sulfonamides is 1. The number of nitrogens with one attached hydrogen (secondary N) is 3. The van der Waals surface area contributed by atoms with Crippen LogP contribution in [0, 0.1) is 0 Å². The highest BCUT2D eigenvalue weighted by molar-refractivity contribution is 7.90. The summed E-state index contributed by atoms with van der Waals surface area (Å²) in [6, 6.07) is 11.2. The molecule has 2 aromatic rings. The van der Waals surface area contributed by atoms with Crippen molar-refractivity contribution in [2.45, 2.75) is 37.6 Å². The molecule has 1 aromatic heterocycles. The van der Waals surface area contributed by atoms with Gasteiger partial charge in [0, 0.05) is 36.7 Å². The van der Waals surface area contributed by atoms with Gasteiger partial charge in [-0.25, -0.2) is 13.1 Å². The van der Waals surface area contributed by atoms with E-state index in [1.807, 2.05) is 50.2 Å². The zero-order valence-corrected chi connectivity index (χ0v) is 14.5. The van der Waals surface area contributed by atoms with Crippen LogP contribution in [0.25, 0.3) is 11.3 Å². The fourth-order valence-corrected chi connectivity index (χ4v) is 4.77. The third kappa shape index (κ3) is 3.67. The van der Waals surface area contributed by atoms with E-state index >= 15 is 0 Å². The summed E-state index contributed by atoms with van der Waals surface area (Å²) >= 11 is 0. The van der Waals surface area contributed by atoms with E-state index in [-0.39, 0.29) is 12.1 Å². The molecule has 8 heteroatoms. The molecule has 24 heavy (non-hydrogen) atoms. The molecule has 0 aliphatic carbocycles. The zero-order valence-electron chi connectivity index (χ0n) is 13.7. The molecular weight excluding hydrogens is 328 g/mol. The normalized spacial score (nSPS) is 24.3. The van der Waals surface area contributed by atoms with Crippen LogP contribution < -0.4 is 15.6 Å². The van der Waals surface area contributed by atoms with E-state index < -0.39 is 15.3 Å². The fourth-order valence-electron chi connectivity index (χ4n) is 2.98. The Kier molecular flexibility index (Phi) is 5.00. The van der Waals surface area contributed by atoms with Gasteiger partial charge in [-0.3, -0.25) is 10.9 Å². The third-order valence-electron chi connectivity index (χ3n) is 4.18. The topological polar surface area (TPSA) is 96.3 Å². The van der Waals surface area contributed by atoms with E-state index in [9.17, 15) is 8.42 Å². The van der Waals surface area contributed by atoms with Crippen molar-refractivity contribution in [1.29, 1.82) is 0 Å². The van der Waals surface area contributed by atoms with Crippen LogP contribution in [-0.2, 0) is 16.4 Å². The van der Waals surface area contributed by atoms with Gasteiger partial charge in [0.25, 0.3) is 0 Å². The first-order valence-corrected chi connectivity index (χ1v) is 9.52. The third-order valence-corrected chi connectivity index (χ3v) is 6.32. The maximum absolute atomic E-state index is 12.4. The molecule has 2 heterocycles. The van der Waals surface area contributed by atoms with E-state index in [2.05, 4.69) is 20.7 Å². The Morgan fingerprint density at radius 3 is 2.50 bits per heavy atom. The maximum Gasteiger partial charge on any atom is 0.217 e. The number of hydrogen-bond acceptors (Lipinski definition) is 6. The standard InChI is InChI=1S/C16H22N4O3S/c1-11-16(12(2)19-18-11)24(21,22)17-9-8-14-10-15(23-20-14)13-6-4-3-5-7-13/h3-7,10-12,16-19H,8-9H2,1-2H3. The van der Waals surface area contributed by atoms with Crippen LogP contribution in [-0.4, -0.2) is 37.5 Å². The molecule has 0 spiro atoms. The molecule has 1 aliphatic rings. The first-order valence-electron chi connectivity index (χ1n) is 7.98. The second kappa shape index (κ2) is 7.02. The van der Waals surface area contributed by atoms with Gasteiger partial charge in [-0.05, 0) is 13.8 Å². The van der Waals surface area contributed by atoms with Gasteiger partial charge in [-0.1, -0.05) is 35.5 Å². The average Bonchev–Trinajstić information content (AvgIpc) is 3.15. The van der Waals surface area contributed by atoms with E-state index in [4.69, 9.17) is 4.52 Å². The van der Waals surface area contributed by atoms with Gasteiger partial charge in [0.15, 0.2) is 5.76 Å². The van der Waals surface area contributed by atoms with Crippen LogP contribution in [0.1, 0.15) is 19.5 Å². The molecule has 1 aromatic carbocycles. The quantitative estimate of drug-likeness (QED) is 0.721. The van der Waals surface area contributed by atoms with Gasteiger partial charge < -0.3 is 4.52 Å². The van der Waals surface area contributed by atoms with Crippen LogP contribution in [0.2, 0.25) is 0 Å². The number of hydrogen-bond donors (Lipinski definition) is 3. The molecule has 1 fully saturated rings. The van der Waals surface area contributed by atoms with Crippen molar-refractivity contribution < 1.29 is 12.9 Å². The molecule has 0 radical (unpaired) electrons. The lowest BCUT2D eigenvalue weighted by Crippen LogP contribution is -2.45. The summed E-state index contributed by atoms with van der Waals surface area (Å²) in [6.07, 6.45) is 0.478. The van der Waals surface area contributed by atoms with Gasteiger partial charge in [0.05, 0.1) is 5.69 Å². The van der Waals surface area contributed by atoms with Crippen LogP contribution >= 0.6 is 0 Å². The van der Waals surface area contributed by atoms with Crippen molar-refractivity contribution in [1.82, 2.24) is 20.7 Å². The first kappa shape index (κ1) is 17.1. The fraction of sp³-hybridized carbons (Fsp3) is 0.438. The minimum atomic E-state index is -3.41. The maximum atomic E-state index is 12.4. The average molecular weight is 350 g/mol.